The Balaban J connectivity index is 2.02. The van der Waals surface area contributed by atoms with E-state index >= 15 is 0 Å². The van der Waals surface area contributed by atoms with Gasteiger partial charge in [0, 0.05) is 42.3 Å². The van der Waals surface area contributed by atoms with Crippen molar-refractivity contribution >= 4 is 20.8 Å². The minimum absolute atomic E-state index is 0.0157. The Labute approximate surface area is 124 Å². The van der Waals surface area contributed by atoms with E-state index in [4.69, 9.17) is 5.73 Å². The Hall–Kier alpha value is -1.50. The number of sulfonamides is 1. The van der Waals surface area contributed by atoms with E-state index in [2.05, 4.69) is 4.98 Å². The zero-order chi connectivity index (χ0) is 15.0. The van der Waals surface area contributed by atoms with Crippen LogP contribution < -0.4 is 5.73 Å². The molecular weight excluding hydrogens is 286 g/mol. The van der Waals surface area contributed by atoms with Crippen molar-refractivity contribution in [2.24, 2.45) is 11.7 Å². The van der Waals surface area contributed by atoms with E-state index in [-0.39, 0.29) is 12.0 Å². The largest absolute Gasteiger partial charge is 0.328 e. The zero-order valence-corrected chi connectivity index (χ0v) is 12.8. The van der Waals surface area contributed by atoms with Gasteiger partial charge in [0.05, 0.1) is 4.90 Å². The van der Waals surface area contributed by atoms with Crippen molar-refractivity contribution < 1.29 is 8.42 Å². The summed E-state index contributed by atoms with van der Waals surface area (Å²) >= 11 is 0. The number of rotatable bonds is 3. The van der Waals surface area contributed by atoms with Crippen molar-refractivity contribution in [3.05, 3.63) is 36.7 Å². The van der Waals surface area contributed by atoms with Gasteiger partial charge in [0.25, 0.3) is 0 Å². The third-order valence-corrected chi connectivity index (χ3v) is 6.11. The fourth-order valence-electron chi connectivity index (χ4n) is 2.86. The minimum Gasteiger partial charge on any atom is -0.328 e. The van der Waals surface area contributed by atoms with E-state index in [9.17, 15) is 8.42 Å². The van der Waals surface area contributed by atoms with Crippen LogP contribution in [0.1, 0.15) is 13.3 Å². The van der Waals surface area contributed by atoms with E-state index in [0.717, 1.165) is 17.2 Å². The summed E-state index contributed by atoms with van der Waals surface area (Å²) in [7, 11) is -3.48. The van der Waals surface area contributed by atoms with Gasteiger partial charge in [-0.3, -0.25) is 4.98 Å². The molecule has 0 bridgehead atoms. The second kappa shape index (κ2) is 5.36. The van der Waals surface area contributed by atoms with E-state index in [1.165, 1.54) is 0 Å². The van der Waals surface area contributed by atoms with Gasteiger partial charge in [-0.2, -0.15) is 4.31 Å². The van der Waals surface area contributed by atoms with Crippen molar-refractivity contribution in [2.45, 2.75) is 24.3 Å². The zero-order valence-electron chi connectivity index (χ0n) is 11.9. The predicted octanol–water partition coefficient (Wildman–Crippen LogP) is 1.59. The number of fused-ring (bicyclic) bond motifs is 1. The van der Waals surface area contributed by atoms with E-state index < -0.39 is 10.0 Å². The Kier molecular flexibility index (Phi) is 3.69. The standard InChI is InChI=1S/C15H19N3O2S/c1-11(16)13-6-8-18(10-13)21(19,20)15-4-2-3-12-9-17-7-5-14(12)15/h2-5,7,9,11,13H,6,8,10,16H2,1H3. The second-order valence-corrected chi connectivity index (χ2v) is 7.53. The smallest absolute Gasteiger partial charge is 0.243 e. The molecule has 3 rings (SSSR count). The van der Waals surface area contributed by atoms with E-state index in [0.29, 0.717) is 18.0 Å². The first-order valence-corrected chi connectivity index (χ1v) is 8.52. The van der Waals surface area contributed by atoms with Crippen molar-refractivity contribution in [2.75, 3.05) is 13.1 Å². The SMILES string of the molecule is CC(N)C1CCN(S(=O)(=O)c2cccc3cnccc23)C1. The van der Waals surface area contributed by atoms with E-state index in [1.54, 1.807) is 34.9 Å². The highest BCUT2D eigenvalue weighted by Gasteiger charge is 2.34. The Morgan fingerprint density at radius 1 is 1.38 bits per heavy atom. The summed E-state index contributed by atoms with van der Waals surface area (Å²) in [6.07, 6.45) is 4.13. The Morgan fingerprint density at radius 2 is 2.19 bits per heavy atom. The number of benzene rings is 1. The summed E-state index contributed by atoms with van der Waals surface area (Å²) in [5, 5.41) is 1.55. The molecule has 2 heterocycles. The first kappa shape index (κ1) is 14.4. The minimum atomic E-state index is -3.48. The van der Waals surface area contributed by atoms with Crippen LogP contribution in [0.25, 0.3) is 10.8 Å². The highest BCUT2D eigenvalue weighted by Crippen LogP contribution is 2.29. The molecule has 1 aromatic carbocycles. The molecule has 2 unspecified atom stereocenters. The van der Waals surface area contributed by atoms with Crippen LogP contribution in [-0.4, -0.2) is 36.8 Å². The lowest BCUT2D eigenvalue weighted by Crippen LogP contribution is -2.33. The van der Waals surface area contributed by atoms with Gasteiger partial charge in [-0.05, 0) is 31.4 Å². The Bertz CT molecular complexity index is 753. The van der Waals surface area contributed by atoms with Crippen LogP contribution in [0.3, 0.4) is 0 Å². The molecule has 0 saturated carbocycles. The summed E-state index contributed by atoms with van der Waals surface area (Å²) < 4.78 is 27.3. The molecule has 0 spiro atoms. The Morgan fingerprint density at radius 3 is 2.90 bits per heavy atom. The number of aromatic nitrogens is 1. The molecule has 1 aromatic heterocycles. The quantitative estimate of drug-likeness (QED) is 0.934. The molecule has 2 atom stereocenters. The van der Waals surface area contributed by atoms with Gasteiger partial charge in [-0.25, -0.2) is 8.42 Å². The monoisotopic (exact) mass is 305 g/mol. The molecule has 6 heteroatoms. The van der Waals surface area contributed by atoms with Gasteiger partial charge < -0.3 is 5.73 Å². The summed E-state index contributed by atoms with van der Waals surface area (Å²) in [4.78, 5) is 4.40. The fourth-order valence-corrected chi connectivity index (χ4v) is 4.58. The van der Waals surface area contributed by atoms with Crippen LogP contribution >= 0.6 is 0 Å². The molecule has 21 heavy (non-hydrogen) atoms. The number of pyridine rings is 1. The highest BCUT2D eigenvalue weighted by molar-refractivity contribution is 7.89. The van der Waals surface area contributed by atoms with Crippen molar-refractivity contribution in [1.82, 2.24) is 9.29 Å². The third kappa shape index (κ3) is 2.54. The van der Waals surface area contributed by atoms with E-state index in [1.807, 2.05) is 13.0 Å². The van der Waals surface area contributed by atoms with Gasteiger partial charge in [-0.15, -0.1) is 0 Å². The molecule has 112 valence electrons. The highest BCUT2D eigenvalue weighted by atomic mass is 32.2. The number of nitrogens with two attached hydrogens (primary N) is 1. The van der Waals surface area contributed by atoms with Crippen LogP contribution in [0.15, 0.2) is 41.6 Å². The summed E-state index contributed by atoms with van der Waals surface area (Å²) in [5.74, 6) is 0.233. The molecule has 1 aliphatic heterocycles. The van der Waals surface area contributed by atoms with Crippen LogP contribution in [0.2, 0.25) is 0 Å². The number of nitrogens with zero attached hydrogens (tertiary/aromatic N) is 2. The average molecular weight is 305 g/mol. The predicted molar refractivity (Wildman–Crippen MR) is 82.3 cm³/mol. The first-order chi connectivity index (χ1) is 10.00. The molecule has 5 nitrogen and oxygen atoms in total. The molecule has 2 N–H and O–H groups in total. The summed E-state index contributed by atoms with van der Waals surface area (Å²) in [5.41, 5.74) is 5.90. The van der Waals surface area contributed by atoms with Gasteiger partial charge in [0.2, 0.25) is 10.0 Å². The molecule has 1 saturated heterocycles. The maximum absolute atomic E-state index is 12.9. The molecular formula is C15H19N3O2S. The van der Waals surface area contributed by atoms with Gasteiger partial charge in [0.15, 0.2) is 0 Å². The average Bonchev–Trinajstić information content (AvgIpc) is 2.97. The fraction of sp³-hybridized carbons (Fsp3) is 0.400. The normalized spacial score (nSPS) is 21.7. The molecule has 0 radical (unpaired) electrons. The first-order valence-electron chi connectivity index (χ1n) is 7.08. The maximum Gasteiger partial charge on any atom is 0.243 e. The van der Waals surface area contributed by atoms with Gasteiger partial charge >= 0.3 is 0 Å². The lowest BCUT2D eigenvalue weighted by atomic mass is 10.0. The number of hydrogen-bond donors (Lipinski definition) is 1. The maximum atomic E-state index is 12.9. The number of hydrogen-bond acceptors (Lipinski definition) is 4. The van der Waals surface area contributed by atoms with Crippen molar-refractivity contribution in [1.29, 1.82) is 0 Å². The molecule has 2 aromatic rings. The molecule has 0 aliphatic carbocycles. The van der Waals surface area contributed by atoms with Crippen molar-refractivity contribution in [3.63, 3.8) is 0 Å². The molecule has 0 amide bonds. The molecule has 1 aliphatic rings. The lowest BCUT2D eigenvalue weighted by Gasteiger charge is -2.19. The lowest BCUT2D eigenvalue weighted by molar-refractivity contribution is 0.429. The van der Waals surface area contributed by atoms with Crippen LogP contribution in [0.4, 0.5) is 0 Å². The summed E-state index contributed by atoms with van der Waals surface area (Å²) in [6, 6.07) is 7.06. The topological polar surface area (TPSA) is 76.3 Å². The summed E-state index contributed by atoms with van der Waals surface area (Å²) in [6.45, 7) is 2.97. The molecule has 1 fully saturated rings. The van der Waals surface area contributed by atoms with Gasteiger partial charge in [-0.1, -0.05) is 12.1 Å². The second-order valence-electron chi connectivity index (χ2n) is 5.62. The van der Waals surface area contributed by atoms with Crippen LogP contribution in [0, 0.1) is 5.92 Å². The van der Waals surface area contributed by atoms with Crippen LogP contribution in [-0.2, 0) is 10.0 Å². The van der Waals surface area contributed by atoms with Crippen molar-refractivity contribution in [3.8, 4) is 0 Å². The van der Waals surface area contributed by atoms with Gasteiger partial charge in [0.1, 0.15) is 0 Å². The van der Waals surface area contributed by atoms with Crippen LogP contribution in [0.5, 0.6) is 0 Å². The third-order valence-electron chi connectivity index (χ3n) is 4.19.